The molecule has 0 bridgehead atoms. The maximum atomic E-state index is 11.9. The number of sulfonamides is 1. The summed E-state index contributed by atoms with van der Waals surface area (Å²) in [5.74, 6) is 0.0188. The molecule has 17 heavy (non-hydrogen) atoms. The van der Waals surface area contributed by atoms with E-state index in [1.165, 1.54) is 6.20 Å². The monoisotopic (exact) mass is 251 g/mol. The van der Waals surface area contributed by atoms with Crippen LogP contribution in [0.15, 0.2) is 41.8 Å². The van der Waals surface area contributed by atoms with Crippen LogP contribution in [0, 0.1) is 0 Å². The first-order valence-electron chi connectivity index (χ1n) is 4.58. The Kier molecular flexibility index (Phi) is 2.88. The lowest BCUT2D eigenvalue weighted by atomic mass is 10.4. The molecule has 0 unspecified atom stereocenters. The summed E-state index contributed by atoms with van der Waals surface area (Å²) >= 11 is 0. The van der Waals surface area contributed by atoms with Gasteiger partial charge in [-0.15, -0.1) is 0 Å². The van der Waals surface area contributed by atoms with Gasteiger partial charge in [-0.2, -0.15) is 0 Å². The van der Waals surface area contributed by atoms with Crippen LogP contribution in [0.1, 0.15) is 0 Å². The fourth-order valence-electron chi connectivity index (χ4n) is 1.10. The van der Waals surface area contributed by atoms with Crippen molar-refractivity contribution in [1.29, 1.82) is 0 Å². The van der Waals surface area contributed by atoms with Crippen molar-refractivity contribution in [2.24, 2.45) is 0 Å². The molecule has 2 heterocycles. The number of pyridine rings is 1. The van der Waals surface area contributed by atoms with Crippen LogP contribution in [-0.2, 0) is 10.0 Å². The molecule has 3 N–H and O–H groups in total. The molecule has 0 aromatic carbocycles. The van der Waals surface area contributed by atoms with Gasteiger partial charge in [0.05, 0.1) is 24.3 Å². The number of rotatable bonds is 3. The highest BCUT2D eigenvalue weighted by Gasteiger charge is 2.14. The number of aromatic nitrogens is 3. The second-order valence-electron chi connectivity index (χ2n) is 3.12. The average Bonchev–Trinajstić information content (AvgIpc) is 2.30. The van der Waals surface area contributed by atoms with Gasteiger partial charge >= 0.3 is 0 Å². The minimum Gasteiger partial charge on any atom is -0.368 e. The van der Waals surface area contributed by atoms with Gasteiger partial charge in [0, 0.05) is 6.20 Å². The number of hydrogen-bond donors (Lipinski definition) is 2. The van der Waals surface area contributed by atoms with Crippen molar-refractivity contribution in [2.45, 2.75) is 4.90 Å². The van der Waals surface area contributed by atoms with E-state index in [1.807, 2.05) is 0 Å². The van der Waals surface area contributed by atoms with Crippen LogP contribution in [0.2, 0.25) is 0 Å². The number of nitrogens with two attached hydrogens (primary N) is 1. The molecule has 88 valence electrons. The van der Waals surface area contributed by atoms with Crippen molar-refractivity contribution < 1.29 is 8.42 Å². The first-order chi connectivity index (χ1) is 8.08. The van der Waals surface area contributed by atoms with Crippen molar-refractivity contribution in [3.8, 4) is 0 Å². The normalized spacial score (nSPS) is 11.1. The summed E-state index contributed by atoms with van der Waals surface area (Å²) in [6.07, 6.45) is 5.22. The fraction of sp³-hybridized carbons (Fsp3) is 0. The third kappa shape index (κ3) is 2.67. The van der Waals surface area contributed by atoms with E-state index in [-0.39, 0.29) is 10.8 Å². The van der Waals surface area contributed by atoms with Crippen molar-refractivity contribution in [3.05, 3.63) is 36.9 Å². The zero-order valence-electron chi connectivity index (χ0n) is 8.61. The summed E-state index contributed by atoms with van der Waals surface area (Å²) in [7, 11) is -3.70. The summed E-state index contributed by atoms with van der Waals surface area (Å²) in [5, 5.41) is 0. The maximum absolute atomic E-state index is 11.9. The van der Waals surface area contributed by atoms with Gasteiger partial charge in [0.2, 0.25) is 5.95 Å². The van der Waals surface area contributed by atoms with E-state index in [1.54, 1.807) is 18.3 Å². The lowest BCUT2D eigenvalue weighted by Crippen LogP contribution is -2.14. The van der Waals surface area contributed by atoms with Crippen LogP contribution in [0.5, 0.6) is 0 Å². The Morgan fingerprint density at radius 3 is 2.47 bits per heavy atom. The zero-order valence-corrected chi connectivity index (χ0v) is 9.42. The van der Waals surface area contributed by atoms with Crippen molar-refractivity contribution in [1.82, 2.24) is 15.0 Å². The molecule has 0 saturated heterocycles. The lowest BCUT2D eigenvalue weighted by Gasteiger charge is -2.06. The van der Waals surface area contributed by atoms with Crippen LogP contribution in [0.3, 0.4) is 0 Å². The Morgan fingerprint density at radius 2 is 1.88 bits per heavy atom. The van der Waals surface area contributed by atoms with Crippen LogP contribution in [-0.4, -0.2) is 23.4 Å². The summed E-state index contributed by atoms with van der Waals surface area (Å²) in [6.45, 7) is 0. The van der Waals surface area contributed by atoms with E-state index in [2.05, 4.69) is 19.7 Å². The molecule has 2 rings (SSSR count). The van der Waals surface area contributed by atoms with E-state index >= 15 is 0 Å². The Bertz CT molecular complexity index is 597. The molecule has 2 aromatic rings. The topological polar surface area (TPSA) is 111 Å². The highest BCUT2D eigenvalue weighted by Crippen LogP contribution is 2.13. The summed E-state index contributed by atoms with van der Waals surface area (Å²) in [4.78, 5) is 11.0. The third-order valence-electron chi connectivity index (χ3n) is 1.87. The molecular formula is C9H9N5O2S. The van der Waals surface area contributed by atoms with Crippen LogP contribution < -0.4 is 10.5 Å². The highest BCUT2D eigenvalue weighted by atomic mass is 32.2. The van der Waals surface area contributed by atoms with Gasteiger partial charge in [-0.05, 0) is 12.1 Å². The molecule has 0 aliphatic heterocycles. The highest BCUT2D eigenvalue weighted by molar-refractivity contribution is 7.92. The Labute approximate surface area is 97.8 Å². The van der Waals surface area contributed by atoms with Crippen LogP contribution in [0.25, 0.3) is 0 Å². The first-order valence-corrected chi connectivity index (χ1v) is 6.06. The van der Waals surface area contributed by atoms with E-state index < -0.39 is 10.0 Å². The first kappa shape index (κ1) is 11.3. The van der Waals surface area contributed by atoms with E-state index in [9.17, 15) is 8.42 Å². The SMILES string of the molecule is Nc1ncc(S(=O)(=O)Nc2cccnc2)cn1. The summed E-state index contributed by atoms with van der Waals surface area (Å²) in [6, 6.07) is 3.21. The van der Waals surface area contributed by atoms with Crippen LogP contribution >= 0.6 is 0 Å². The summed E-state index contributed by atoms with van der Waals surface area (Å²) < 4.78 is 26.0. The molecule has 0 aliphatic carbocycles. The molecule has 8 heteroatoms. The minimum absolute atomic E-state index is 0.0188. The number of nitrogens with zero attached hydrogens (tertiary/aromatic N) is 3. The molecule has 0 atom stereocenters. The number of anilines is 2. The Morgan fingerprint density at radius 1 is 1.18 bits per heavy atom. The Hall–Kier alpha value is -2.22. The van der Waals surface area contributed by atoms with Gasteiger partial charge in [-0.3, -0.25) is 9.71 Å². The fourth-order valence-corrected chi connectivity index (χ4v) is 2.03. The van der Waals surface area contributed by atoms with E-state index in [0.29, 0.717) is 5.69 Å². The third-order valence-corrected chi connectivity index (χ3v) is 3.21. The number of nitrogen functional groups attached to an aromatic ring is 1. The molecule has 0 aliphatic rings. The standard InChI is InChI=1S/C9H9N5O2S/c10-9-12-5-8(6-13-9)17(15,16)14-7-2-1-3-11-4-7/h1-6,14H,(H2,10,12,13). The quantitative estimate of drug-likeness (QED) is 0.809. The van der Waals surface area contributed by atoms with Gasteiger partial charge in [0.15, 0.2) is 0 Å². The van der Waals surface area contributed by atoms with Gasteiger partial charge in [0.25, 0.3) is 10.0 Å². The van der Waals surface area contributed by atoms with Crippen molar-refractivity contribution in [3.63, 3.8) is 0 Å². The molecule has 0 amide bonds. The number of hydrogen-bond acceptors (Lipinski definition) is 6. The predicted molar refractivity (Wildman–Crippen MR) is 61.5 cm³/mol. The van der Waals surface area contributed by atoms with Crippen molar-refractivity contribution in [2.75, 3.05) is 10.5 Å². The number of nitrogens with one attached hydrogen (secondary N) is 1. The van der Waals surface area contributed by atoms with Gasteiger partial charge < -0.3 is 5.73 Å². The zero-order chi connectivity index (χ0) is 12.3. The van der Waals surface area contributed by atoms with E-state index in [0.717, 1.165) is 12.4 Å². The molecule has 7 nitrogen and oxygen atoms in total. The predicted octanol–water partition coefficient (Wildman–Crippen LogP) is 0.255. The molecule has 0 spiro atoms. The van der Waals surface area contributed by atoms with E-state index in [4.69, 9.17) is 5.73 Å². The second kappa shape index (κ2) is 4.34. The maximum Gasteiger partial charge on any atom is 0.265 e. The second-order valence-corrected chi connectivity index (χ2v) is 4.81. The van der Waals surface area contributed by atoms with Crippen LogP contribution in [0.4, 0.5) is 11.6 Å². The molecule has 0 saturated carbocycles. The van der Waals surface area contributed by atoms with Gasteiger partial charge in [0.1, 0.15) is 4.90 Å². The smallest absolute Gasteiger partial charge is 0.265 e. The molecule has 0 radical (unpaired) electrons. The molecular weight excluding hydrogens is 242 g/mol. The average molecular weight is 251 g/mol. The minimum atomic E-state index is -3.70. The molecule has 0 fully saturated rings. The van der Waals surface area contributed by atoms with Crippen molar-refractivity contribution >= 4 is 21.7 Å². The largest absolute Gasteiger partial charge is 0.368 e. The lowest BCUT2D eigenvalue weighted by molar-refractivity contribution is 0.600. The van der Waals surface area contributed by atoms with Gasteiger partial charge in [-0.1, -0.05) is 0 Å². The Balaban J connectivity index is 2.29. The molecule has 2 aromatic heterocycles. The van der Waals surface area contributed by atoms with Gasteiger partial charge in [-0.25, -0.2) is 18.4 Å². The summed E-state index contributed by atoms with van der Waals surface area (Å²) in [5.41, 5.74) is 5.64.